The molecule has 3 nitrogen and oxygen atoms in total. The summed E-state index contributed by atoms with van der Waals surface area (Å²) in [5.41, 5.74) is 0. The van der Waals surface area contributed by atoms with Gasteiger partial charge < -0.3 is 4.90 Å². The zero-order chi connectivity index (χ0) is 11.2. The Labute approximate surface area is 92.4 Å². The van der Waals surface area contributed by atoms with E-state index in [4.69, 9.17) is 0 Å². The van der Waals surface area contributed by atoms with Gasteiger partial charge in [0.05, 0.1) is 6.04 Å². The lowest BCUT2D eigenvalue weighted by atomic mass is 10.1. The molecule has 2 aliphatic heterocycles. The smallest absolute Gasteiger partial charge is 0.240 e. The van der Waals surface area contributed by atoms with Crippen molar-refractivity contribution in [2.45, 2.75) is 64.7 Å². The van der Waals surface area contributed by atoms with Crippen LogP contribution in [0.1, 0.15) is 40.5 Å². The van der Waals surface area contributed by atoms with Crippen LogP contribution >= 0.6 is 0 Å². The summed E-state index contributed by atoms with van der Waals surface area (Å²) in [5.74, 6) is 0.354. The molecule has 15 heavy (non-hydrogen) atoms. The largest absolute Gasteiger partial charge is 0.337 e. The SMILES string of the molecule is CC(C)N1CC2CCC(C1=O)N2C(C)C. The Morgan fingerprint density at radius 1 is 1.13 bits per heavy atom. The highest BCUT2D eigenvalue weighted by Crippen LogP contribution is 2.33. The molecule has 2 fully saturated rings. The second-order valence-corrected chi connectivity index (χ2v) is 5.37. The maximum absolute atomic E-state index is 12.2. The first-order valence-electron chi connectivity index (χ1n) is 6.10. The first-order valence-corrected chi connectivity index (χ1v) is 6.10. The predicted molar refractivity (Wildman–Crippen MR) is 60.6 cm³/mol. The molecule has 2 bridgehead atoms. The summed E-state index contributed by atoms with van der Waals surface area (Å²) in [6, 6.07) is 1.64. The zero-order valence-corrected chi connectivity index (χ0v) is 10.2. The first-order chi connectivity index (χ1) is 7.02. The van der Waals surface area contributed by atoms with Crippen molar-refractivity contribution >= 4 is 5.91 Å². The third-order valence-corrected chi connectivity index (χ3v) is 3.75. The molecule has 0 aromatic heterocycles. The number of likely N-dealkylation sites (tertiary alicyclic amines) is 1. The minimum Gasteiger partial charge on any atom is -0.337 e. The Morgan fingerprint density at radius 2 is 1.80 bits per heavy atom. The Kier molecular flexibility index (Phi) is 2.75. The fourth-order valence-corrected chi connectivity index (χ4v) is 3.09. The normalized spacial score (nSPS) is 32.1. The summed E-state index contributed by atoms with van der Waals surface area (Å²) in [6.07, 6.45) is 2.25. The molecular weight excluding hydrogens is 188 g/mol. The number of rotatable bonds is 2. The number of hydrogen-bond donors (Lipinski definition) is 0. The zero-order valence-electron chi connectivity index (χ0n) is 10.2. The highest BCUT2D eigenvalue weighted by atomic mass is 16.2. The number of amides is 1. The Balaban J connectivity index is 2.19. The summed E-state index contributed by atoms with van der Waals surface area (Å²) >= 11 is 0. The van der Waals surface area contributed by atoms with Crippen molar-refractivity contribution in [1.29, 1.82) is 0 Å². The Bertz CT molecular complexity index is 262. The van der Waals surface area contributed by atoms with Crippen LogP contribution in [0.25, 0.3) is 0 Å². The number of fused-ring (bicyclic) bond motifs is 2. The maximum atomic E-state index is 12.2. The molecule has 2 unspecified atom stereocenters. The van der Waals surface area contributed by atoms with Gasteiger partial charge in [0.15, 0.2) is 0 Å². The van der Waals surface area contributed by atoms with E-state index in [2.05, 4.69) is 37.5 Å². The standard InChI is InChI=1S/C12H22N2O/c1-8(2)13-7-10-5-6-11(12(13)15)14(10)9(3)4/h8-11H,5-7H2,1-4H3. The molecule has 2 aliphatic rings. The third kappa shape index (κ3) is 1.67. The quantitative estimate of drug-likeness (QED) is 0.689. The van der Waals surface area contributed by atoms with Gasteiger partial charge in [-0.25, -0.2) is 0 Å². The molecule has 2 heterocycles. The number of carbonyl (C=O) groups is 1. The molecule has 0 aromatic carbocycles. The van der Waals surface area contributed by atoms with Crippen LogP contribution in [0.4, 0.5) is 0 Å². The molecule has 0 saturated carbocycles. The predicted octanol–water partition coefficient (Wildman–Crippen LogP) is 1.48. The van der Waals surface area contributed by atoms with E-state index >= 15 is 0 Å². The average molecular weight is 210 g/mol. The summed E-state index contributed by atoms with van der Waals surface area (Å²) in [7, 11) is 0. The monoisotopic (exact) mass is 210 g/mol. The van der Waals surface area contributed by atoms with Crippen LogP contribution in [0.2, 0.25) is 0 Å². The molecular formula is C12H22N2O. The summed E-state index contributed by atoms with van der Waals surface area (Å²) in [5, 5.41) is 0. The van der Waals surface area contributed by atoms with Gasteiger partial charge >= 0.3 is 0 Å². The van der Waals surface area contributed by atoms with Gasteiger partial charge in [0.1, 0.15) is 0 Å². The molecule has 2 rings (SSSR count). The minimum atomic E-state index is 0.172. The van der Waals surface area contributed by atoms with E-state index in [1.165, 1.54) is 6.42 Å². The van der Waals surface area contributed by atoms with Crippen molar-refractivity contribution in [3.63, 3.8) is 0 Å². The molecule has 2 atom stereocenters. The number of hydrogen-bond acceptors (Lipinski definition) is 2. The van der Waals surface area contributed by atoms with Crippen molar-refractivity contribution < 1.29 is 4.79 Å². The highest BCUT2D eigenvalue weighted by Gasteiger charge is 2.46. The van der Waals surface area contributed by atoms with Gasteiger partial charge in [0, 0.05) is 24.7 Å². The molecule has 0 aliphatic carbocycles. The van der Waals surface area contributed by atoms with Crippen LogP contribution in [0.3, 0.4) is 0 Å². The molecule has 1 amide bonds. The summed E-state index contributed by atoms with van der Waals surface area (Å²) in [4.78, 5) is 16.7. The second-order valence-electron chi connectivity index (χ2n) is 5.37. The van der Waals surface area contributed by atoms with Crippen molar-refractivity contribution in [2.75, 3.05) is 6.54 Å². The topological polar surface area (TPSA) is 23.6 Å². The van der Waals surface area contributed by atoms with E-state index in [1.54, 1.807) is 0 Å². The van der Waals surface area contributed by atoms with E-state index < -0.39 is 0 Å². The fraction of sp³-hybridized carbons (Fsp3) is 0.917. The van der Waals surface area contributed by atoms with Crippen LogP contribution < -0.4 is 0 Å². The number of piperazine rings is 1. The molecule has 0 aromatic rings. The molecule has 86 valence electrons. The third-order valence-electron chi connectivity index (χ3n) is 3.75. The van der Waals surface area contributed by atoms with Gasteiger partial charge in [-0.1, -0.05) is 0 Å². The van der Waals surface area contributed by atoms with Crippen molar-refractivity contribution in [3.05, 3.63) is 0 Å². The molecule has 0 radical (unpaired) electrons. The number of carbonyl (C=O) groups excluding carboxylic acids is 1. The maximum Gasteiger partial charge on any atom is 0.240 e. The second kappa shape index (κ2) is 3.78. The lowest BCUT2D eigenvalue weighted by molar-refractivity contribution is -0.144. The summed E-state index contributed by atoms with van der Waals surface area (Å²) < 4.78 is 0. The molecule has 2 saturated heterocycles. The lowest BCUT2D eigenvalue weighted by Gasteiger charge is -2.44. The van der Waals surface area contributed by atoms with Gasteiger partial charge in [0.2, 0.25) is 5.91 Å². The van der Waals surface area contributed by atoms with Crippen molar-refractivity contribution in [1.82, 2.24) is 9.80 Å². The van der Waals surface area contributed by atoms with Crippen LogP contribution in [0.5, 0.6) is 0 Å². The van der Waals surface area contributed by atoms with Crippen LogP contribution in [-0.4, -0.2) is 46.4 Å². The average Bonchev–Trinajstić information content (AvgIpc) is 2.49. The first kappa shape index (κ1) is 10.9. The van der Waals surface area contributed by atoms with Crippen molar-refractivity contribution in [3.8, 4) is 0 Å². The van der Waals surface area contributed by atoms with Gasteiger partial charge in [-0.05, 0) is 40.5 Å². The Morgan fingerprint density at radius 3 is 2.33 bits per heavy atom. The summed E-state index contributed by atoms with van der Waals surface area (Å²) in [6.45, 7) is 9.56. The van der Waals surface area contributed by atoms with Gasteiger partial charge in [-0.2, -0.15) is 0 Å². The van der Waals surface area contributed by atoms with E-state index in [-0.39, 0.29) is 6.04 Å². The minimum absolute atomic E-state index is 0.172. The van der Waals surface area contributed by atoms with E-state index in [0.717, 1.165) is 13.0 Å². The van der Waals surface area contributed by atoms with Crippen LogP contribution in [0.15, 0.2) is 0 Å². The van der Waals surface area contributed by atoms with Gasteiger partial charge in [0.25, 0.3) is 0 Å². The molecule has 0 N–H and O–H groups in total. The van der Waals surface area contributed by atoms with E-state index in [0.29, 0.717) is 24.0 Å². The van der Waals surface area contributed by atoms with Gasteiger partial charge in [-0.3, -0.25) is 9.69 Å². The Hall–Kier alpha value is -0.570. The lowest BCUT2D eigenvalue weighted by Crippen LogP contribution is -2.60. The highest BCUT2D eigenvalue weighted by molar-refractivity contribution is 5.83. The van der Waals surface area contributed by atoms with E-state index in [1.807, 2.05) is 0 Å². The van der Waals surface area contributed by atoms with Gasteiger partial charge in [-0.15, -0.1) is 0 Å². The molecule has 0 spiro atoms. The number of nitrogens with zero attached hydrogens (tertiary/aromatic N) is 2. The van der Waals surface area contributed by atoms with Crippen LogP contribution in [-0.2, 0) is 4.79 Å². The van der Waals surface area contributed by atoms with E-state index in [9.17, 15) is 4.79 Å². The van der Waals surface area contributed by atoms with Crippen molar-refractivity contribution in [2.24, 2.45) is 0 Å². The fourth-order valence-electron chi connectivity index (χ4n) is 3.09. The van der Waals surface area contributed by atoms with Crippen LogP contribution in [0, 0.1) is 0 Å². The molecule has 3 heteroatoms.